The summed E-state index contributed by atoms with van der Waals surface area (Å²) in [5, 5.41) is 8.68. The normalized spacial score (nSPS) is 9.91. The van der Waals surface area contributed by atoms with Crippen LogP contribution in [0.15, 0.2) is 36.5 Å². The molecule has 0 saturated heterocycles. The molecule has 1 aromatic carbocycles. The quantitative estimate of drug-likeness (QED) is 0.819. The molecule has 0 saturated carbocycles. The van der Waals surface area contributed by atoms with E-state index in [0.717, 1.165) is 24.1 Å². The number of ketones is 1. The highest BCUT2D eigenvalue weighted by Gasteiger charge is 2.14. The van der Waals surface area contributed by atoms with Crippen LogP contribution in [0.1, 0.15) is 47.8 Å². The van der Waals surface area contributed by atoms with Gasteiger partial charge in [0.25, 0.3) is 0 Å². The Morgan fingerprint density at radius 2 is 1.78 bits per heavy atom. The van der Waals surface area contributed by atoms with Crippen LogP contribution in [0.3, 0.4) is 0 Å². The molecule has 0 unspecified atom stereocenters. The molecule has 0 spiro atoms. The molecule has 0 aliphatic heterocycles. The highest BCUT2D eigenvalue weighted by atomic mass is 35.5. The van der Waals surface area contributed by atoms with Gasteiger partial charge in [-0.1, -0.05) is 24.9 Å². The van der Waals surface area contributed by atoms with Crippen molar-refractivity contribution in [1.82, 2.24) is 4.57 Å². The van der Waals surface area contributed by atoms with Gasteiger partial charge in [-0.3, -0.25) is 9.59 Å². The summed E-state index contributed by atoms with van der Waals surface area (Å²) in [6.07, 6.45) is 3.97. The predicted molar refractivity (Wildman–Crippen MR) is 92.2 cm³/mol. The van der Waals surface area contributed by atoms with Crippen LogP contribution in [0.5, 0.6) is 0 Å². The van der Waals surface area contributed by atoms with E-state index in [-0.39, 0.29) is 5.78 Å². The number of nitrogens with zero attached hydrogens (tertiary/aromatic N) is 1. The minimum Gasteiger partial charge on any atom is -0.481 e. The van der Waals surface area contributed by atoms with Gasteiger partial charge in [0.05, 0.1) is 5.69 Å². The number of halogens is 1. The molecular weight excluding hydrogens is 314 g/mol. The SMILES string of the molecule is CCCCC(=O)O.Cc1ccn(C)c1C(=O)c1ccc(Cl)cc1. The van der Waals surface area contributed by atoms with E-state index in [1.165, 1.54) is 0 Å². The van der Waals surface area contributed by atoms with E-state index in [1.807, 2.05) is 37.7 Å². The molecule has 1 N–H and O–H groups in total. The van der Waals surface area contributed by atoms with Crippen LogP contribution in [0, 0.1) is 6.92 Å². The van der Waals surface area contributed by atoms with Crippen LogP contribution in [0.25, 0.3) is 0 Å². The van der Waals surface area contributed by atoms with Crippen molar-refractivity contribution < 1.29 is 14.7 Å². The van der Waals surface area contributed by atoms with Crippen molar-refractivity contribution in [2.75, 3.05) is 0 Å². The van der Waals surface area contributed by atoms with Crippen LogP contribution in [0.2, 0.25) is 5.02 Å². The maximum Gasteiger partial charge on any atom is 0.303 e. The number of rotatable bonds is 5. The molecule has 0 bridgehead atoms. The fourth-order valence-electron chi connectivity index (χ4n) is 2.06. The highest BCUT2D eigenvalue weighted by Crippen LogP contribution is 2.16. The lowest BCUT2D eigenvalue weighted by atomic mass is 10.1. The molecule has 23 heavy (non-hydrogen) atoms. The molecule has 2 aromatic rings. The van der Waals surface area contributed by atoms with Crippen molar-refractivity contribution in [3.63, 3.8) is 0 Å². The van der Waals surface area contributed by atoms with E-state index < -0.39 is 5.97 Å². The zero-order chi connectivity index (χ0) is 17.4. The summed E-state index contributed by atoms with van der Waals surface area (Å²) >= 11 is 5.79. The summed E-state index contributed by atoms with van der Waals surface area (Å²) in [4.78, 5) is 22.0. The zero-order valence-electron chi connectivity index (χ0n) is 13.7. The van der Waals surface area contributed by atoms with Crippen LogP contribution in [0.4, 0.5) is 0 Å². The van der Waals surface area contributed by atoms with Gasteiger partial charge in [0, 0.05) is 30.3 Å². The number of benzene rings is 1. The first-order valence-corrected chi connectivity index (χ1v) is 7.88. The lowest BCUT2D eigenvalue weighted by molar-refractivity contribution is -0.137. The van der Waals surface area contributed by atoms with E-state index >= 15 is 0 Å². The molecule has 124 valence electrons. The second-order valence-corrected chi connectivity index (χ2v) is 5.73. The van der Waals surface area contributed by atoms with Crippen molar-refractivity contribution in [3.8, 4) is 0 Å². The minimum atomic E-state index is -0.693. The molecule has 0 radical (unpaired) electrons. The smallest absolute Gasteiger partial charge is 0.303 e. The number of unbranched alkanes of at least 4 members (excludes halogenated alkanes) is 1. The van der Waals surface area contributed by atoms with Gasteiger partial charge in [-0.15, -0.1) is 0 Å². The predicted octanol–water partition coefficient (Wildman–Crippen LogP) is 4.48. The Balaban J connectivity index is 0.000000322. The van der Waals surface area contributed by atoms with Crippen molar-refractivity contribution in [2.24, 2.45) is 7.05 Å². The average molecular weight is 336 g/mol. The first-order valence-electron chi connectivity index (χ1n) is 7.50. The number of aliphatic carboxylic acids is 1. The molecule has 1 aromatic heterocycles. The molecule has 0 fully saturated rings. The van der Waals surface area contributed by atoms with E-state index in [4.69, 9.17) is 16.7 Å². The van der Waals surface area contributed by atoms with E-state index in [1.54, 1.807) is 24.3 Å². The summed E-state index contributed by atoms with van der Waals surface area (Å²) in [6.45, 7) is 3.91. The van der Waals surface area contributed by atoms with Crippen molar-refractivity contribution in [1.29, 1.82) is 0 Å². The Hall–Kier alpha value is -2.07. The Morgan fingerprint density at radius 1 is 1.17 bits per heavy atom. The number of hydrogen-bond donors (Lipinski definition) is 1. The molecule has 0 amide bonds. The Morgan fingerprint density at radius 3 is 2.17 bits per heavy atom. The maximum absolute atomic E-state index is 12.2. The van der Waals surface area contributed by atoms with E-state index in [2.05, 4.69) is 0 Å². The topological polar surface area (TPSA) is 59.3 Å². The van der Waals surface area contributed by atoms with Gasteiger partial charge in [-0.25, -0.2) is 0 Å². The van der Waals surface area contributed by atoms with Crippen LogP contribution < -0.4 is 0 Å². The highest BCUT2D eigenvalue weighted by molar-refractivity contribution is 6.30. The Labute approximate surface area is 141 Å². The summed E-state index contributed by atoms with van der Waals surface area (Å²) in [5.74, 6) is -0.663. The monoisotopic (exact) mass is 335 g/mol. The van der Waals surface area contributed by atoms with E-state index in [9.17, 15) is 9.59 Å². The van der Waals surface area contributed by atoms with Gasteiger partial charge in [-0.2, -0.15) is 0 Å². The van der Waals surface area contributed by atoms with Gasteiger partial charge < -0.3 is 9.67 Å². The van der Waals surface area contributed by atoms with Gasteiger partial charge in [0.1, 0.15) is 0 Å². The average Bonchev–Trinajstić information content (AvgIpc) is 2.85. The number of aromatic nitrogens is 1. The third-order valence-corrected chi connectivity index (χ3v) is 3.59. The fourth-order valence-corrected chi connectivity index (χ4v) is 2.19. The van der Waals surface area contributed by atoms with Gasteiger partial charge in [0.15, 0.2) is 0 Å². The van der Waals surface area contributed by atoms with Crippen LogP contribution in [-0.4, -0.2) is 21.4 Å². The third-order valence-electron chi connectivity index (χ3n) is 3.34. The molecule has 1 heterocycles. The number of carboxylic acid groups (broad SMARTS) is 1. The van der Waals surface area contributed by atoms with Crippen LogP contribution in [-0.2, 0) is 11.8 Å². The van der Waals surface area contributed by atoms with Gasteiger partial charge >= 0.3 is 5.97 Å². The molecule has 0 aliphatic carbocycles. The zero-order valence-corrected chi connectivity index (χ0v) is 14.4. The molecular formula is C18H22ClNO3. The first-order chi connectivity index (χ1) is 10.9. The van der Waals surface area contributed by atoms with Crippen molar-refractivity contribution in [2.45, 2.75) is 33.1 Å². The Kier molecular flexibility index (Phi) is 7.55. The van der Waals surface area contributed by atoms with Gasteiger partial charge in [-0.05, 0) is 49.2 Å². The standard InChI is InChI=1S/C13H12ClNO.C5H10O2/c1-9-7-8-15(2)12(9)13(16)10-3-5-11(14)6-4-10;1-2-3-4-5(6)7/h3-8H,1-2H3;2-4H2,1H3,(H,6,7). The molecule has 5 heteroatoms. The number of carboxylic acids is 1. The third kappa shape index (κ3) is 5.91. The summed E-state index contributed by atoms with van der Waals surface area (Å²) in [5.41, 5.74) is 2.37. The first kappa shape index (κ1) is 19.0. The van der Waals surface area contributed by atoms with Gasteiger partial charge in [0.2, 0.25) is 5.78 Å². The Bertz CT molecular complexity index is 640. The number of carbonyl (C=O) groups is 2. The molecule has 0 aliphatic rings. The second kappa shape index (κ2) is 9.16. The number of hydrogen-bond acceptors (Lipinski definition) is 2. The second-order valence-electron chi connectivity index (χ2n) is 5.29. The molecule has 2 rings (SSSR count). The summed E-state index contributed by atoms with van der Waals surface area (Å²) in [6, 6.07) is 8.89. The lowest BCUT2D eigenvalue weighted by Gasteiger charge is -2.04. The minimum absolute atomic E-state index is 0.0293. The maximum atomic E-state index is 12.2. The largest absolute Gasteiger partial charge is 0.481 e. The van der Waals surface area contributed by atoms with Crippen molar-refractivity contribution in [3.05, 3.63) is 58.4 Å². The molecule has 4 nitrogen and oxygen atoms in total. The van der Waals surface area contributed by atoms with Crippen molar-refractivity contribution >= 4 is 23.4 Å². The number of carbonyl (C=O) groups excluding carboxylic acids is 1. The lowest BCUT2D eigenvalue weighted by Crippen LogP contribution is -2.08. The molecule has 0 atom stereocenters. The van der Waals surface area contributed by atoms with Crippen LogP contribution >= 0.6 is 11.6 Å². The summed E-state index contributed by atoms with van der Waals surface area (Å²) < 4.78 is 1.84. The number of aryl methyl sites for hydroxylation is 2. The fraction of sp³-hybridized carbons (Fsp3) is 0.333. The summed E-state index contributed by atoms with van der Waals surface area (Å²) in [7, 11) is 1.87. The van der Waals surface area contributed by atoms with E-state index in [0.29, 0.717) is 17.0 Å².